The summed E-state index contributed by atoms with van der Waals surface area (Å²) in [5.41, 5.74) is 1.42. The quantitative estimate of drug-likeness (QED) is 0.363. The van der Waals surface area contributed by atoms with Gasteiger partial charge in [0.15, 0.2) is 0 Å². The van der Waals surface area contributed by atoms with Crippen molar-refractivity contribution < 1.29 is 14.7 Å². The zero-order valence-electron chi connectivity index (χ0n) is 18.9. The molecule has 3 heterocycles. The number of carbonyl (C=O) groups is 2. The van der Waals surface area contributed by atoms with Gasteiger partial charge in [-0.25, -0.2) is 14.8 Å². The number of H-pyrrole nitrogens is 1. The maximum absolute atomic E-state index is 13.8. The number of unbranched alkanes of at least 4 members (excludes halogenated alkanes) is 1. The normalized spacial score (nSPS) is 11.0. The van der Waals surface area contributed by atoms with Gasteiger partial charge in [-0.2, -0.15) is 5.21 Å². The highest BCUT2D eigenvalue weighted by Gasteiger charge is 2.27. The smallest absolute Gasteiger partial charge is 0.335 e. The number of nitrogens with zero attached hydrogens (tertiary/aromatic N) is 8. The van der Waals surface area contributed by atoms with Crippen LogP contribution in [0.2, 0.25) is 0 Å². The molecule has 0 atom stereocenters. The van der Waals surface area contributed by atoms with Gasteiger partial charge in [-0.15, -0.1) is 5.10 Å². The third-order valence-electron chi connectivity index (χ3n) is 5.49. The van der Waals surface area contributed by atoms with Crippen LogP contribution in [-0.4, -0.2) is 56.7 Å². The molecule has 0 unspecified atom stereocenters. The predicted octanol–water partition coefficient (Wildman–Crippen LogP) is 2.07. The minimum atomic E-state index is -0.987. The topological polar surface area (TPSA) is 148 Å². The average molecular weight is 464 g/mol. The highest BCUT2D eigenvalue weighted by Crippen LogP contribution is 2.19. The minimum absolute atomic E-state index is 0.127. The number of imidazole rings is 2. The fourth-order valence-electron chi connectivity index (χ4n) is 3.56. The van der Waals surface area contributed by atoms with Crippen LogP contribution in [0, 0.1) is 0 Å². The van der Waals surface area contributed by atoms with E-state index < -0.39 is 5.97 Å². The van der Waals surface area contributed by atoms with E-state index in [0.29, 0.717) is 24.5 Å². The van der Waals surface area contributed by atoms with E-state index in [0.717, 1.165) is 24.2 Å². The molecule has 34 heavy (non-hydrogen) atoms. The van der Waals surface area contributed by atoms with E-state index in [9.17, 15) is 14.7 Å². The lowest BCUT2D eigenvalue weighted by Crippen LogP contribution is -2.34. The van der Waals surface area contributed by atoms with Gasteiger partial charge >= 0.3 is 5.97 Å². The standard InChI is InChI=1S/C22H25N9O3/c1-3-4-5-18-24-12-17(30(18)13-15-6-8-16(9-7-15)21(33)34)20(32)31(22-25-27-28-26-22)14-19-23-10-11-29(19)2/h6-12H,3-5,13-14H2,1-2H3,(H,33,34)(H,25,26,27,28). The molecule has 12 heteroatoms. The van der Waals surface area contributed by atoms with E-state index in [4.69, 9.17) is 0 Å². The molecule has 0 bridgehead atoms. The number of tetrazole rings is 1. The predicted molar refractivity (Wildman–Crippen MR) is 121 cm³/mol. The van der Waals surface area contributed by atoms with E-state index in [1.807, 2.05) is 16.2 Å². The Morgan fingerprint density at radius 1 is 1.15 bits per heavy atom. The van der Waals surface area contributed by atoms with Crippen molar-refractivity contribution in [2.45, 2.75) is 39.3 Å². The second-order valence-corrected chi connectivity index (χ2v) is 7.81. The van der Waals surface area contributed by atoms with Crippen LogP contribution in [0.1, 0.15) is 57.8 Å². The summed E-state index contributed by atoms with van der Waals surface area (Å²) in [6.45, 7) is 2.60. The molecule has 0 radical (unpaired) electrons. The van der Waals surface area contributed by atoms with Gasteiger partial charge in [-0.1, -0.05) is 30.6 Å². The highest BCUT2D eigenvalue weighted by molar-refractivity contribution is 6.03. The molecule has 1 aromatic carbocycles. The Hall–Kier alpha value is -4.35. The van der Waals surface area contributed by atoms with E-state index in [-0.39, 0.29) is 24.0 Å². The molecule has 0 aliphatic carbocycles. The number of amides is 1. The summed E-state index contributed by atoms with van der Waals surface area (Å²) >= 11 is 0. The van der Waals surface area contributed by atoms with Gasteiger partial charge < -0.3 is 14.2 Å². The number of anilines is 1. The van der Waals surface area contributed by atoms with Crippen LogP contribution in [0.3, 0.4) is 0 Å². The molecular weight excluding hydrogens is 438 g/mol. The Morgan fingerprint density at radius 3 is 2.56 bits per heavy atom. The molecule has 0 aliphatic rings. The van der Waals surface area contributed by atoms with Crippen LogP contribution >= 0.6 is 0 Å². The summed E-state index contributed by atoms with van der Waals surface area (Å²) in [5, 5.41) is 23.2. The van der Waals surface area contributed by atoms with Gasteiger partial charge in [-0.05, 0) is 29.3 Å². The fraction of sp³-hybridized carbons (Fsp3) is 0.318. The number of aromatic amines is 1. The monoisotopic (exact) mass is 463 g/mol. The number of hydrogen-bond acceptors (Lipinski definition) is 7. The lowest BCUT2D eigenvalue weighted by molar-refractivity contribution is 0.0696. The zero-order chi connectivity index (χ0) is 24.1. The summed E-state index contributed by atoms with van der Waals surface area (Å²) in [4.78, 5) is 35.2. The van der Waals surface area contributed by atoms with Crippen LogP contribution in [0.5, 0.6) is 0 Å². The molecule has 0 spiro atoms. The van der Waals surface area contributed by atoms with Crippen LogP contribution in [-0.2, 0) is 26.6 Å². The molecule has 0 fully saturated rings. The van der Waals surface area contributed by atoms with Gasteiger partial charge in [0.25, 0.3) is 11.9 Å². The minimum Gasteiger partial charge on any atom is -0.478 e. The molecule has 4 rings (SSSR count). The third-order valence-corrected chi connectivity index (χ3v) is 5.49. The molecule has 0 saturated heterocycles. The third kappa shape index (κ3) is 4.85. The van der Waals surface area contributed by atoms with E-state index in [2.05, 4.69) is 37.5 Å². The Bertz CT molecular complexity index is 1260. The number of aromatic nitrogens is 8. The summed E-state index contributed by atoms with van der Waals surface area (Å²) in [5.74, 6) is 0.222. The maximum atomic E-state index is 13.8. The second-order valence-electron chi connectivity index (χ2n) is 7.81. The number of carboxylic acids is 1. The van der Waals surface area contributed by atoms with Crippen molar-refractivity contribution >= 4 is 17.8 Å². The molecule has 176 valence electrons. The zero-order valence-corrected chi connectivity index (χ0v) is 18.9. The van der Waals surface area contributed by atoms with Gasteiger partial charge in [0.2, 0.25) is 0 Å². The summed E-state index contributed by atoms with van der Waals surface area (Å²) in [6, 6.07) is 6.58. The van der Waals surface area contributed by atoms with Crippen molar-refractivity contribution in [3.63, 3.8) is 0 Å². The van der Waals surface area contributed by atoms with Gasteiger partial charge in [0.05, 0.1) is 18.3 Å². The van der Waals surface area contributed by atoms with Crippen LogP contribution < -0.4 is 4.90 Å². The SMILES string of the molecule is CCCCc1ncc(C(=O)N(Cc2nccn2C)c2nn[nH]n2)n1Cc1ccc(C(=O)O)cc1. The van der Waals surface area contributed by atoms with Crippen molar-refractivity contribution in [2.75, 3.05) is 4.90 Å². The molecule has 12 nitrogen and oxygen atoms in total. The number of carboxylic acid groups (broad SMARTS) is 1. The van der Waals surface area contributed by atoms with Crippen LogP contribution in [0.15, 0.2) is 42.9 Å². The Labute approximate surface area is 195 Å². The van der Waals surface area contributed by atoms with Crippen LogP contribution in [0.4, 0.5) is 5.95 Å². The first-order valence-corrected chi connectivity index (χ1v) is 10.9. The lowest BCUT2D eigenvalue weighted by Gasteiger charge is -2.20. The van der Waals surface area contributed by atoms with Crippen molar-refractivity contribution in [3.05, 3.63) is 71.3 Å². The van der Waals surface area contributed by atoms with E-state index in [1.165, 1.54) is 4.90 Å². The second kappa shape index (κ2) is 10.1. The number of aromatic carboxylic acids is 1. The summed E-state index contributed by atoms with van der Waals surface area (Å²) in [6.07, 6.45) is 7.62. The van der Waals surface area contributed by atoms with Gasteiger partial charge in [0.1, 0.15) is 17.3 Å². The molecule has 4 aromatic rings. The number of aryl methyl sites for hydroxylation is 2. The molecule has 0 aliphatic heterocycles. The highest BCUT2D eigenvalue weighted by atomic mass is 16.4. The molecule has 0 saturated carbocycles. The number of hydrogen-bond donors (Lipinski definition) is 2. The molecular formula is C22H25N9O3. The van der Waals surface area contributed by atoms with E-state index in [1.54, 1.807) is 42.9 Å². The number of nitrogens with one attached hydrogen (secondary N) is 1. The fourth-order valence-corrected chi connectivity index (χ4v) is 3.56. The van der Waals surface area contributed by atoms with Crippen molar-refractivity contribution in [2.24, 2.45) is 7.05 Å². The Morgan fingerprint density at radius 2 is 1.94 bits per heavy atom. The maximum Gasteiger partial charge on any atom is 0.335 e. The van der Waals surface area contributed by atoms with Crippen molar-refractivity contribution in [3.8, 4) is 0 Å². The Balaban J connectivity index is 1.69. The van der Waals surface area contributed by atoms with Crippen molar-refractivity contribution in [1.82, 2.24) is 39.7 Å². The summed E-state index contributed by atoms with van der Waals surface area (Å²) in [7, 11) is 1.84. The number of rotatable bonds is 10. The van der Waals surface area contributed by atoms with Gasteiger partial charge in [-0.3, -0.25) is 9.69 Å². The number of carbonyl (C=O) groups excluding carboxylic acids is 1. The first-order valence-electron chi connectivity index (χ1n) is 10.9. The van der Waals surface area contributed by atoms with Crippen molar-refractivity contribution in [1.29, 1.82) is 0 Å². The lowest BCUT2D eigenvalue weighted by atomic mass is 10.1. The summed E-state index contributed by atoms with van der Waals surface area (Å²) < 4.78 is 3.67. The average Bonchev–Trinajstić information content (AvgIpc) is 3.58. The Kier molecular flexibility index (Phi) is 6.76. The largest absolute Gasteiger partial charge is 0.478 e. The first kappa shape index (κ1) is 22.8. The molecule has 2 N–H and O–H groups in total. The van der Waals surface area contributed by atoms with E-state index >= 15 is 0 Å². The van der Waals surface area contributed by atoms with Gasteiger partial charge in [0, 0.05) is 32.4 Å². The molecule has 3 aromatic heterocycles. The van der Waals surface area contributed by atoms with Crippen LogP contribution in [0.25, 0.3) is 0 Å². The molecule has 1 amide bonds. The number of benzene rings is 1. The first-order chi connectivity index (χ1) is 16.5.